The van der Waals surface area contributed by atoms with E-state index in [2.05, 4.69) is 5.32 Å². The van der Waals surface area contributed by atoms with Gasteiger partial charge in [0.2, 0.25) is 0 Å². The average Bonchev–Trinajstić information content (AvgIpc) is 2.39. The van der Waals surface area contributed by atoms with Crippen molar-refractivity contribution < 1.29 is 14.8 Å². The van der Waals surface area contributed by atoms with Gasteiger partial charge in [0.15, 0.2) is 11.5 Å². The number of aromatic hydroxyl groups is 1. The summed E-state index contributed by atoms with van der Waals surface area (Å²) in [5.41, 5.74) is 0.479. The Bertz CT molecular complexity index is 461. The lowest BCUT2D eigenvalue weighted by atomic mass is 9.96. The molecule has 0 amide bonds. The fraction of sp³-hybridized carbons (Fsp3) is 0.500. The predicted octanol–water partition coefficient (Wildman–Crippen LogP) is 2.55. The zero-order valence-corrected chi connectivity index (χ0v) is 11.4. The zero-order valence-electron chi connectivity index (χ0n) is 10.6. The second-order valence-corrected chi connectivity index (χ2v) is 4.35. The van der Waals surface area contributed by atoms with E-state index in [0.29, 0.717) is 5.56 Å². The van der Waals surface area contributed by atoms with E-state index in [-0.39, 0.29) is 35.6 Å². The van der Waals surface area contributed by atoms with Crippen LogP contribution in [0.1, 0.15) is 30.9 Å². The molecule has 1 saturated heterocycles. The van der Waals surface area contributed by atoms with Crippen LogP contribution in [0.25, 0.3) is 0 Å². The first-order valence-corrected chi connectivity index (χ1v) is 5.92. The number of piperidine rings is 1. The number of benzene rings is 1. The molecule has 19 heavy (non-hydrogen) atoms. The molecule has 1 heterocycles. The zero-order chi connectivity index (χ0) is 13.1. The highest BCUT2D eigenvalue weighted by Gasteiger charge is 2.24. The van der Waals surface area contributed by atoms with Gasteiger partial charge in [-0.2, -0.15) is 0 Å². The number of ether oxygens (including phenoxy) is 1. The lowest BCUT2D eigenvalue weighted by Gasteiger charge is -2.24. The van der Waals surface area contributed by atoms with Gasteiger partial charge < -0.3 is 15.2 Å². The van der Waals surface area contributed by atoms with Gasteiger partial charge >= 0.3 is 0 Å². The maximum atomic E-state index is 10.9. The number of hydrogen-bond acceptors (Lipinski definition) is 5. The highest BCUT2D eigenvalue weighted by molar-refractivity contribution is 5.85. The van der Waals surface area contributed by atoms with Gasteiger partial charge in [-0.3, -0.25) is 10.1 Å². The van der Waals surface area contributed by atoms with E-state index in [0.717, 1.165) is 25.8 Å². The summed E-state index contributed by atoms with van der Waals surface area (Å²) >= 11 is 0. The Hall–Kier alpha value is -1.53. The number of non-ortho nitro benzene ring substituents is 1. The van der Waals surface area contributed by atoms with Crippen LogP contribution in [0.3, 0.4) is 0 Å². The number of nitro groups is 1. The fourth-order valence-electron chi connectivity index (χ4n) is 2.26. The molecule has 0 radical (unpaired) electrons. The van der Waals surface area contributed by atoms with Crippen LogP contribution in [0.2, 0.25) is 0 Å². The van der Waals surface area contributed by atoms with E-state index in [1.807, 2.05) is 0 Å². The van der Waals surface area contributed by atoms with Gasteiger partial charge in [0.25, 0.3) is 5.69 Å². The predicted molar refractivity (Wildman–Crippen MR) is 73.2 cm³/mol. The Labute approximate surface area is 117 Å². The van der Waals surface area contributed by atoms with Crippen molar-refractivity contribution in [3.63, 3.8) is 0 Å². The highest BCUT2D eigenvalue weighted by atomic mass is 35.5. The van der Waals surface area contributed by atoms with Crippen LogP contribution < -0.4 is 10.1 Å². The van der Waals surface area contributed by atoms with Crippen molar-refractivity contribution in [2.75, 3.05) is 13.7 Å². The molecule has 1 aliphatic rings. The molecule has 106 valence electrons. The molecule has 6 nitrogen and oxygen atoms in total. The number of nitrogens with one attached hydrogen (secondary N) is 1. The largest absolute Gasteiger partial charge is 0.504 e. The van der Waals surface area contributed by atoms with Gasteiger partial charge in [0, 0.05) is 17.7 Å². The standard InChI is InChI=1S/C12H16N2O4.ClH/c1-18-11-7-8(14(16)17)6-9(12(11)15)10-4-2-3-5-13-10;/h6-7,10,13,15H,2-5H2,1H3;1H/t10-;/m0./s1. The molecular formula is C12H17ClN2O4. The molecule has 7 heteroatoms. The first-order chi connectivity index (χ1) is 8.63. The summed E-state index contributed by atoms with van der Waals surface area (Å²) in [6.45, 7) is 0.856. The van der Waals surface area contributed by atoms with Crippen LogP contribution in [-0.2, 0) is 0 Å². The van der Waals surface area contributed by atoms with Crippen molar-refractivity contribution in [2.24, 2.45) is 0 Å². The summed E-state index contributed by atoms with van der Waals surface area (Å²) in [6.07, 6.45) is 2.99. The summed E-state index contributed by atoms with van der Waals surface area (Å²) in [7, 11) is 1.39. The van der Waals surface area contributed by atoms with Gasteiger partial charge in [0.05, 0.1) is 18.1 Å². The molecule has 2 N–H and O–H groups in total. The Kier molecular flexibility index (Phi) is 5.38. The number of nitro benzene ring substituents is 1. The number of hydrogen-bond donors (Lipinski definition) is 2. The van der Waals surface area contributed by atoms with E-state index < -0.39 is 4.92 Å². The van der Waals surface area contributed by atoms with Crippen molar-refractivity contribution in [1.29, 1.82) is 0 Å². The van der Waals surface area contributed by atoms with E-state index in [1.165, 1.54) is 19.2 Å². The molecule has 1 aliphatic heterocycles. The van der Waals surface area contributed by atoms with Gasteiger partial charge in [-0.15, -0.1) is 12.4 Å². The van der Waals surface area contributed by atoms with Crippen molar-refractivity contribution in [3.8, 4) is 11.5 Å². The Morgan fingerprint density at radius 3 is 2.74 bits per heavy atom. The van der Waals surface area contributed by atoms with Gasteiger partial charge in [-0.1, -0.05) is 6.42 Å². The SMILES string of the molecule is COc1cc([N+](=O)[O-])cc([C@@H]2CCCCN2)c1O.Cl. The van der Waals surface area contributed by atoms with E-state index in [1.54, 1.807) is 0 Å². The van der Waals surface area contributed by atoms with Crippen LogP contribution in [-0.4, -0.2) is 23.7 Å². The molecule has 1 fully saturated rings. The van der Waals surface area contributed by atoms with Crippen LogP contribution in [0, 0.1) is 10.1 Å². The van der Waals surface area contributed by atoms with Crippen molar-refractivity contribution in [3.05, 3.63) is 27.8 Å². The topological polar surface area (TPSA) is 84.6 Å². The molecule has 2 rings (SSSR count). The summed E-state index contributed by atoms with van der Waals surface area (Å²) in [5.74, 6) is 0.133. The summed E-state index contributed by atoms with van der Waals surface area (Å²) < 4.78 is 4.99. The molecule has 1 aromatic rings. The highest BCUT2D eigenvalue weighted by Crippen LogP contribution is 2.39. The number of halogens is 1. The lowest BCUT2D eigenvalue weighted by Crippen LogP contribution is -2.26. The van der Waals surface area contributed by atoms with Gasteiger partial charge in [-0.25, -0.2) is 0 Å². The lowest BCUT2D eigenvalue weighted by molar-refractivity contribution is -0.385. The minimum absolute atomic E-state index is 0. The Balaban J connectivity index is 0.00000180. The van der Waals surface area contributed by atoms with Crippen LogP contribution >= 0.6 is 12.4 Å². The third-order valence-corrected chi connectivity index (χ3v) is 3.21. The van der Waals surface area contributed by atoms with Crippen LogP contribution in [0.15, 0.2) is 12.1 Å². The van der Waals surface area contributed by atoms with Crippen LogP contribution in [0.5, 0.6) is 11.5 Å². The summed E-state index contributed by atoms with van der Waals surface area (Å²) in [5, 5.41) is 24.2. The third-order valence-electron chi connectivity index (χ3n) is 3.21. The van der Waals surface area contributed by atoms with Crippen molar-refractivity contribution >= 4 is 18.1 Å². The Morgan fingerprint density at radius 1 is 1.47 bits per heavy atom. The second kappa shape index (κ2) is 6.58. The minimum Gasteiger partial charge on any atom is -0.504 e. The first-order valence-electron chi connectivity index (χ1n) is 5.92. The normalized spacial score (nSPS) is 18.5. The third kappa shape index (κ3) is 3.27. The van der Waals surface area contributed by atoms with E-state index >= 15 is 0 Å². The van der Waals surface area contributed by atoms with Gasteiger partial charge in [-0.05, 0) is 19.4 Å². The minimum atomic E-state index is -0.478. The van der Waals surface area contributed by atoms with Crippen LogP contribution in [0.4, 0.5) is 5.69 Å². The molecule has 1 aromatic carbocycles. The molecular weight excluding hydrogens is 272 g/mol. The molecule has 0 aliphatic carbocycles. The summed E-state index contributed by atoms with van der Waals surface area (Å²) in [4.78, 5) is 10.4. The number of nitrogens with zero attached hydrogens (tertiary/aromatic N) is 1. The van der Waals surface area contributed by atoms with E-state index in [9.17, 15) is 15.2 Å². The molecule has 0 saturated carbocycles. The number of methoxy groups -OCH3 is 1. The smallest absolute Gasteiger partial charge is 0.273 e. The number of phenols is 1. The molecule has 0 unspecified atom stereocenters. The fourth-order valence-corrected chi connectivity index (χ4v) is 2.26. The maximum absolute atomic E-state index is 10.9. The molecule has 0 bridgehead atoms. The first kappa shape index (κ1) is 15.5. The molecule has 1 atom stereocenters. The monoisotopic (exact) mass is 288 g/mol. The van der Waals surface area contributed by atoms with Gasteiger partial charge in [0.1, 0.15) is 0 Å². The second-order valence-electron chi connectivity index (χ2n) is 4.35. The molecule has 0 spiro atoms. The quantitative estimate of drug-likeness (QED) is 0.659. The Morgan fingerprint density at radius 2 is 2.21 bits per heavy atom. The maximum Gasteiger partial charge on any atom is 0.273 e. The van der Waals surface area contributed by atoms with Crippen molar-refractivity contribution in [1.82, 2.24) is 5.32 Å². The molecule has 0 aromatic heterocycles. The van der Waals surface area contributed by atoms with Crippen molar-refractivity contribution in [2.45, 2.75) is 25.3 Å². The summed E-state index contributed by atoms with van der Waals surface area (Å²) in [6, 6.07) is 2.61. The number of phenolic OH excluding ortho intramolecular Hbond substituents is 1. The number of rotatable bonds is 3. The average molecular weight is 289 g/mol. The van der Waals surface area contributed by atoms with E-state index in [4.69, 9.17) is 4.74 Å².